The number of ketones is 1. The topological polar surface area (TPSA) is 46.5 Å². The van der Waals surface area contributed by atoms with Crippen molar-refractivity contribution in [3.8, 4) is 23.3 Å². The number of hydrogen-bond acceptors (Lipinski definition) is 3. The normalized spacial score (nSPS) is 9.32. The van der Waals surface area contributed by atoms with Gasteiger partial charge in [0, 0.05) is 0 Å². The minimum Gasteiger partial charge on any atom is -0.507 e. The molecule has 0 saturated heterocycles. The maximum atomic E-state index is 11.9. The van der Waals surface area contributed by atoms with Crippen molar-refractivity contribution in [3.05, 3.63) is 59.7 Å². The number of aromatic hydroxyl groups is 1. The number of benzene rings is 2. The number of para-hydroxylation sites is 2. The van der Waals surface area contributed by atoms with Crippen molar-refractivity contribution in [1.29, 1.82) is 0 Å². The molecule has 0 amide bonds. The Labute approximate surface area is 111 Å². The first kappa shape index (κ1) is 12.7. The summed E-state index contributed by atoms with van der Waals surface area (Å²) in [6.07, 6.45) is 0. The van der Waals surface area contributed by atoms with E-state index in [9.17, 15) is 9.90 Å². The number of carbonyl (C=O) groups is 1. The molecule has 0 heterocycles. The van der Waals surface area contributed by atoms with Crippen LogP contribution in [0.3, 0.4) is 0 Å². The van der Waals surface area contributed by atoms with Gasteiger partial charge in [-0.2, -0.15) is 0 Å². The molecule has 0 aliphatic rings. The zero-order valence-electron chi connectivity index (χ0n) is 10.4. The summed E-state index contributed by atoms with van der Waals surface area (Å²) in [5, 5.41) is 9.57. The SMILES string of the molecule is COc1ccccc1C#CC(=O)c1ccccc1O. The molecule has 0 aliphatic carbocycles. The van der Waals surface area contributed by atoms with Crippen molar-refractivity contribution >= 4 is 5.78 Å². The molecule has 2 aromatic rings. The predicted molar refractivity (Wildman–Crippen MR) is 72.3 cm³/mol. The van der Waals surface area contributed by atoms with Crippen molar-refractivity contribution < 1.29 is 14.6 Å². The molecule has 1 N–H and O–H groups in total. The Morgan fingerprint density at radius 1 is 1.11 bits per heavy atom. The van der Waals surface area contributed by atoms with Crippen molar-refractivity contribution in [2.45, 2.75) is 0 Å². The van der Waals surface area contributed by atoms with Crippen molar-refractivity contribution in [1.82, 2.24) is 0 Å². The summed E-state index contributed by atoms with van der Waals surface area (Å²) < 4.78 is 5.14. The second kappa shape index (κ2) is 5.74. The van der Waals surface area contributed by atoms with Crippen LogP contribution in [0.25, 0.3) is 0 Å². The number of phenols is 1. The molecule has 0 aliphatic heterocycles. The smallest absolute Gasteiger partial charge is 0.239 e. The van der Waals surface area contributed by atoms with Crippen LogP contribution in [0.4, 0.5) is 0 Å². The first-order valence-electron chi connectivity index (χ1n) is 5.69. The van der Waals surface area contributed by atoms with E-state index in [1.54, 1.807) is 31.4 Å². The number of hydrogen-bond donors (Lipinski definition) is 1. The van der Waals surface area contributed by atoms with Crippen LogP contribution >= 0.6 is 0 Å². The number of carbonyl (C=O) groups excluding carboxylic acids is 1. The van der Waals surface area contributed by atoms with Gasteiger partial charge < -0.3 is 9.84 Å². The molecule has 0 saturated carbocycles. The summed E-state index contributed by atoms with van der Waals surface area (Å²) >= 11 is 0. The lowest BCUT2D eigenvalue weighted by atomic mass is 10.1. The van der Waals surface area contributed by atoms with E-state index in [0.29, 0.717) is 11.3 Å². The molecule has 0 unspecified atom stereocenters. The van der Waals surface area contributed by atoms with E-state index in [2.05, 4.69) is 11.8 Å². The molecule has 2 rings (SSSR count). The highest BCUT2D eigenvalue weighted by molar-refractivity contribution is 6.11. The van der Waals surface area contributed by atoms with Crippen LogP contribution in [0.5, 0.6) is 11.5 Å². The average Bonchev–Trinajstić information content (AvgIpc) is 2.45. The Balaban J connectivity index is 2.30. The second-order valence-corrected chi connectivity index (χ2v) is 3.80. The summed E-state index contributed by atoms with van der Waals surface area (Å²) in [5.41, 5.74) is 0.832. The maximum absolute atomic E-state index is 11.9. The molecule has 3 heteroatoms. The number of phenolic OH excluding ortho intramolecular Hbond substituents is 1. The van der Waals surface area contributed by atoms with E-state index >= 15 is 0 Å². The van der Waals surface area contributed by atoms with Crippen LogP contribution in [-0.4, -0.2) is 18.0 Å². The lowest BCUT2D eigenvalue weighted by Gasteiger charge is -2.01. The van der Waals surface area contributed by atoms with Crippen LogP contribution < -0.4 is 4.74 Å². The third kappa shape index (κ3) is 2.93. The molecule has 0 bridgehead atoms. The van der Waals surface area contributed by atoms with E-state index in [4.69, 9.17) is 4.74 Å². The van der Waals surface area contributed by atoms with Crippen LogP contribution in [0.15, 0.2) is 48.5 Å². The fraction of sp³-hybridized carbons (Fsp3) is 0.0625. The molecular formula is C16H12O3. The van der Waals surface area contributed by atoms with E-state index in [0.717, 1.165) is 0 Å². The van der Waals surface area contributed by atoms with Gasteiger partial charge in [-0.05, 0) is 30.2 Å². The molecule has 0 radical (unpaired) electrons. The fourth-order valence-electron chi connectivity index (χ4n) is 1.60. The fourth-order valence-corrected chi connectivity index (χ4v) is 1.60. The Morgan fingerprint density at radius 3 is 2.53 bits per heavy atom. The summed E-state index contributed by atoms with van der Waals surface area (Å²) in [4.78, 5) is 11.9. The molecule has 0 aromatic heterocycles. The largest absolute Gasteiger partial charge is 0.507 e. The Morgan fingerprint density at radius 2 is 1.79 bits per heavy atom. The number of Topliss-reactive ketones (excluding diaryl/α,β-unsaturated/α-hetero) is 1. The van der Waals surface area contributed by atoms with Crippen molar-refractivity contribution in [2.24, 2.45) is 0 Å². The van der Waals surface area contributed by atoms with Gasteiger partial charge in [0.1, 0.15) is 11.5 Å². The third-order valence-corrected chi connectivity index (χ3v) is 2.57. The van der Waals surface area contributed by atoms with E-state index in [1.807, 2.05) is 12.1 Å². The average molecular weight is 252 g/mol. The predicted octanol–water partition coefficient (Wildman–Crippen LogP) is 2.64. The first-order valence-corrected chi connectivity index (χ1v) is 5.69. The number of rotatable bonds is 2. The van der Waals surface area contributed by atoms with Crippen LogP contribution in [0, 0.1) is 11.8 Å². The van der Waals surface area contributed by atoms with Crippen molar-refractivity contribution in [2.75, 3.05) is 7.11 Å². The Kier molecular flexibility index (Phi) is 3.84. The number of ether oxygens (including phenoxy) is 1. The lowest BCUT2D eigenvalue weighted by Crippen LogP contribution is -1.95. The van der Waals surface area contributed by atoms with Gasteiger partial charge in [0.25, 0.3) is 0 Å². The molecule has 2 aromatic carbocycles. The van der Waals surface area contributed by atoms with E-state index < -0.39 is 5.78 Å². The van der Waals surface area contributed by atoms with Crippen LogP contribution in [0.2, 0.25) is 0 Å². The third-order valence-electron chi connectivity index (χ3n) is 2.57. The molecule has 94 valence electrons. The van der Waals surface area contributed by atoms with Crippen molar-refractivity contribution in [3.63, 3.8) is 0 Å². The maximum Gasteiger partial charge on any atom is 0.239 e. The first-order chi connectivity index (χ1) is 9.22. The summed E-state index contributed by atoms with van der Waals surface area (Å²) in [7, 11) is 1.55. The van der Waals surface area contributed by atoms with E-state index in [1.165, 1.54) is 12.1 Å². The van der Waals surface area contributed by atoms with Gasteiger partial charge >= 0.3 is 0 Å². The number of methoxy groups -OCH3 is 1. The second-order valence-electron chi connectivity index (χ2n) is 3.80. The zero-order valence-corrected chi connectivity index (χ0v) is 10.4. The molecule has 3 nitrogen and oxygen atoms in total. The highest BCUT2D eigenvalue weighted by Crippen LogP contribution is 2.17. The van der Waals surface area contributed by atoms with Crippen LogP contribution in [0.1, 0.15) is 15.9 Å². The van der Waals surface area contributed by atoms with Gasteiger partial charge in [0.05, 0.1) is 18.2 Å². The minimum atomic E-state index is -0.427. The van der Waals surface area contributed by atoms with Gasteiger partial charge in [0.15, 0.2) is 0 Å². The molecule has 0 fully saturated rings. The lowest BCUT2D eigenvalue weighted by molar-refractivity contribution is 0.105. The highest BCUT2D eigenvalue weighted by atomic mass is 16.5. The quantitative estimate of drug-likeness (QED) is 0.660. The molecule has 0 atom stereocenters. The summed E-state index contributed by atoms with van der Waals surface area (Å²) in [5.74, 6) is 5.37. The van der Waals surface area contributed by atoms with Gasteiger partial charge in [-0.15, -0.1) is 0 Å². The Bertz CT molecular complexity index is 663. The highest BCUT2D eigenvalue weighted by Gasteiger charge is 2.07. The molecular weight excluding hydrogens is 240 g/mol. The van der Waals surface area contributed by atoms with Gasteiger partial charge in [-0.25, -0.2) is 0 Å². The molecule has 19 heavy (non-hydrogen) atoms. The molecule has 0 spiro atoms. The van der Waals surface area contributed by atoms with Gasteiger partial charge in [0.2, 0.25) is 5.78 Å². The van der Waals surface area contributed by atoms with Gasteiger partial charge in [-0.3, -0.25) is 4.79 Å². The Hall–Kier alpha value is -2.73. The van der Waals surface area contributed by atoms with E-state index in [-0.39, 0.29) is 11.3 Å². The van der Waals surface area contributed by atoms with Gasteiger partial charge in [-0.1, -0.05) is 30.2 Å². The monoisotopic (exact) mass is 252 g/mol. The minimum absolute atomic E-state index is 0.0678. The summed E-state index contributed by atoms with van der Waals surface area (Å²) in [6, 6.07) is 13.5. The van der Waals surface area contributed by atoms with Crippen LogP contribution in [-0.2, 0) is 0 Å². The zero-order chi connectivity index (χ0) is 13.7. The summed E-state index contributed by atoms with van der Waals surface area (Å²) in [6.45, 7) is 0. The standard InChI is InChI=1S/C16H12O3/c1-19-16-9-5-2-6-12(16)10-11-15(18)13-7-3-4-8-14(13)17/h2-9,17H,1H3.